The number of epoxide rings is 1. The molecule has 4 rings (SSSR count). The number of hydrogen-bond donors (Lipinski definition) is 2. The molecule has 0 unspecified atom stereocenters. The SMILES string of the molecule is CSSCCCO[C@H](C)C(=O)O[C@H]1CC(=O)N(C)c2cc(cc(C)c2Cl)C/C(C)=C/C=C/[C@@H](C)[C@@]2(O)C[C@H](OC(=O)N2)[C@@H](C)[C@@H]2O[C@@]12C. The normalized spacial score (nSPS) is 33.4. The average molecular weight is 725 g/mol. The van der Waals surface area contributed by atoms with Gasteiger partial charge in [-0.25, -0.2) is 9.59 Å². The number of anilines is 1. The van der Waals surface area contributed by atoms with Crippen LogP contribution in [0.5, 0.6) is 0 Å². The molecule has 2 N–H and O–H groups in total. The van der Waals surface area contributed by atoms with Crippen LogP contribution >= 0.6 is 33.2 Å². The van der Waals surface area contributed by atoms with Crippen molar-refractivity contribution < 1.29 is 38.4 Å². The van der Waals surface area contributed by atoms with Crippen molar-refractivity contribution in [2.75, 3.05) is 30.6 Å². The van der Waals surface area contributed by atoms with Crippen LogP contribution in [0.1, 0.15) is 65.0 Å². The largest absolute Gasteiger partial charge is 0.457 e. The smallest absolute Gasteiger partial charge is 0.409 e. The van der Waals surface area contributed by atoms with Crippen molar-refractivity contribution in [3.05, 3.63) is 52.1 Å². The lowest BCUT2D eigenvalue weighted by molar-refractivity contribution is -0.165. The number of allylic oxidation sites excluding steroid dienone is 3. The zero-order chi connectivity index (χ0) is 35.4. The molecule has 2 amide bonds. The quantitative estimate of drug-likeness (QED) is 0.135. The van der Waals surface area contributed by atoms with Crippen LogP contribution in [-0.4, -0.2) is 84.5 Å². The summed E-state index contributed by atoms with van der Waals surface area (Å²) in [7, 11) is 5.05. The maximum Gasteiger partial charge on any atom is 0.409 e. The van der Waals surface area contributed by atoms with Crippen LogP contribution in [-0.2, 0) is 35.0 Å². The molecule has 0 radical (unpaired) electrons. The Labute approximate surface area is 297 Å². The molecule has 3 aliphatic rings. The molecule has 1 aromatic rings. The molecule has 48 heavy (non-hydrogen) atoms. The molecule has 13 heteroatoms. The average Bonchev–Trinajstić information content (AvgIpc) is 3.72. The fourth-order valence-corrected chi connectivity index (χ4v) is 7.80. The second-order valence-electron chi connectivity index (χ2n) is 13.3. The summed E-state index contributed by atoms with van der Waals surface area (Å²) < 4.78 is 23.7. The van der Waals surface area contributed by atoms with E-state index < -0.39 is 59.6 Å². The van der Waals surface area contributed by atoms with E-state index >= 15 is 0 Å². The summed E-state index contributed by atoms with van der Waals surface area (Å²) in [5.74, 6) is -0.874. The first-order chi connectivity index (χ1) is 22.6. The molecular weight excluding hydrogens is 676 g/mol. The highest BCUT2D eigenvalue weighted by molar-refractivity contribution is 8.76. The fourth-order valence-electron chi connectivity index (χ4n) is 6.31. The van der Waals surface area contributed by atoms with Gasteiger partial charge < -0.3 is 29.0 Å². The van der Waals surface area contributed by atoms with E-state index in [4.69, 9.17) is 30.5 Å². The Morgan fingerprint density at radius 1 is 1.27 bits per heavy atom. The molecule has 2 saturated heterocycles. The number of aryl methyl sites for hydroxylation is 1. The maximum absolute atomic E-state index is 14.0. The van der Waals surface area contributed by atoms with Crippen molar-refractivity contribution in [3.63, 3.8) is 0 Å². The van der Waals surface area contributed by atoms with Crippen LogP contribution in [0.2, 0.25) is 5.02 Å². The third-order valence-corrected chi connectivity index (χ3v) is 11.9. The van der Waals surface area contributed by atoms with Gasteiger partial charge in [0.25, 0.3) is 0 Å². The van der Waals surface area contributed by atoms with E-state index in [-0.39, 0.29) is 18.7 Å². The van der Waals surface area contributed by atoms with Gasteiger partial charge in [0.05, 0.1) is 23.2 Å². The first-order valence-electron chi connectivity index (χ1n) is 16.4. The minimum Gasteiger partial charge on any atom is -0.457 e. The molecular formula is C35H49ClN2O8S2. The number of carbonyl (C=O) groups excluding carboxylic acids is 3. The third kappa shape index (κ3) is 9.11. The molecule has 266 valence electrons. The lowest BCUT2D eigenvalue weighted by Crippen LogP contribution is -2.60. The molecule has 10 nitrogen and oxygen atoms in total. The third-order valence-electron chi connectivity index (χ3n) is 9.54. The zero-order valence-corrected chi connectivity index (χ0v) is 31.4. The Bertz CT molecular complexity index is 1420. The standard InChI is InChI=1S/C35H49ClN2O8S2/c1-20-11-9-12-22(3)35(42)19-27(44-33(41)37-35)23(4)31-34(6,46-31)28(45-32(40)24(5)43-13-10-14-48-47-8)18-29(39)38(7)26-17-25(15-20)16-21(2)30(26)36/h9,11-12,16-17,22-24,27-28,31,42H,10,13-15,18-19H2,1-8H3,(H,37,41)/b12-9+,20-11+/t22-,23-,24-,27+,28+,31+,34+,35+/m1/s1. The Hall–Kier alpha value is -2.22. The van der Waals surface area contributed by atoms with Crippen LogP contribution in [0.15, 0.2) is 35.9 Å². The fraction of sp³-hybridized carbons (Fsp3) is 0.629. The van der Waals surface area contributed by atoms with Crippen molar-refractivity contribution in [2.45, 2.75) is 103 Å². The van der Waals surface area contributed by atoms with Gasteiger partial charge in [0.1, 0.15) is 23.5 Å². The number of amides is 2. The van der Waals surface area contributed by atoms with E-state index in [1.165, 1.54) is 4.90 Å². The summed E-state index contributed by atoms with van der Waals surface area (Å²) in [6.07, 6.45) is 5.19. The van der Waals surface area contributed by atoms with Gasteiger partial charge in [0, 0.05) is 37.7 Å². The molecule has 0 saturated carbocycles. The minimum atomic E-state index is -1.56. The highest BCUT2D eigenvalue weighted by Crippen LogP contribution is 2.49. The van der Waals surface area contributed by atoms with Crippen LogP contribution in [0.3, 0.4) is 0 Å². The number of hydrogen-bond acceptors (Lipinski definition) is 10. The number of halogens is 1. The van der Waals surface area contributed by atoms with E-state index in [2.05, 4.69) is 5.32 Å². The van der Waals surface area contributed by atoms with E-state index in [1.807, 2.05) is 64.3 Å². The van der Waals surface area contributed by atoms with Crippen molar-refractivity contribution in [1.82, 2.24) is 5.32 Å². The minimum absolute atomic E-state index is 0.111. The first kappa shape index (κ1) is 38.6. The number of ether oxygens (including phenoxy) is 4. The monoisotopic (exact) mass is 724 g/mol. The molecule has 2 fully saturated rings. The second kappa shape index (κ2) is 16.2. The lowest BCUT2D eigenvalue weighted by Gasteiger charge is -2.41. The number of benzene rings is 1. The van der Waals surface area contributed by atoms with Crippen molar-refractivity contribution >= 4 is 56.8 Å². The molecule has 1 aromatic carbocycles. The van der Waals surface area contributed by atoms with Crippen LogP contribution in [0, 0.1) is 18.8 Å². The van der Waals surface area contributed by atoms with E-state index in [0.717, 1.165) is 28.9 Å². The predicted molar refractivity (Wildman–Crippen MR) is 191 cm³/mol. The van der Waals surface area contributed by atoms with Crippen molar-refractivity contribution in [3.8, 4) is 0 Å². The van der Waals surface area contributed by atoms with Gasteiger partial charge in [0.15, 0.2) is 6.10 Å². The molecule has 3 heterocycles. The van der Waals surface area contributed by atoms with Gasteiger partial charge in [-0.2, -0.15) is 0 Å². The Morgan fingerprint density at radius 3 is 2.71 bits per heavy atom. The summed E-state index contributed by atoms with van der Waals surface area (Å²) in [5, 5.41) is 14.7. The molecule has 4 bridgehead atoms. The highest BCUT2D eigenvalue weighted by atomic mass is 35.5. The van der Waals surface area contributed by atoms with Gasteiger partial charge >= 0.3 is 12.1 Å². The summed E-state index contributed by atoms with van der Waals surface area (Å²) >= 11 is 6.75. The van der Waals surface area contributed by atoms with Gasteiger partial charge in [-0.15, -0.1) is 0 Å². The summed E-state index contributed by atoms with van der Waals surface area (Å²) in [6, 6.07) is 3.89. The summed E-state index contributed by atoms with van der Waals surface area (Å²) in [4.78, 5) is 41.5. The van der Waals surface area contributed by atoms with Gasteiger partial charge in [-0.05, 0) is 64.0 Å². The van der Waals surface area contributed by atoms with E-state index in [9.17, 15) is 19.5 Å². The number of rotatable bonds is 8. The van der Waals surface area contributed by atoms with Crippen LogP contribution in [0.25, 0.3) is 0 Å². The summed E-state index contributed by atoms with van der Waals surface area (Å²) in [6.45, 7) is 11.4. The Balaban J connectivity index is 1.68. The second-order valence-corrected chi connectivity index (χ2v) is 16.4. The van der Waals surface area contributed by atoms with Crippen LogP contribution < -0.4 is 10.2 Å². The van der Waals surface area contributed by atoms with Gasteiger partial charge in [-0.3, -0.25) is 10.1 Å². The number of fused-ring (bicyclic) bond motifs is 5. The summed E-state index contributed by atoms with van der Waals surface area (Å²) in [5.41, 5.74) is 0.754. The van der Waals surface area contributed by atoms with Gasteiger partial charge in [-0.1, -0.05) is 76.9 Å². The number of carbonyl (C=O) groups is 3. The number of nitrogens with zero attached hydrogens (tertiary/aromatic N) is 1. The lowest BCUT2D eigenvalue weighted by atomic mass is 9.82. The maximum atomic E-state index is 14.0. The van der Waals surface area contributed by atoms with Crippen LogP contribution in [0.4, 0.5) is 10.5 Å². The zero-order valence-electron chi connectivity index (χ0n) is 29.0. The number of aliphatic hydroxyl groups is 1. The van der Waals surface area contributed by atoms with E-state index in [0.29, 0.717) is 23.7 Å². The number of nitrogens with one attached hydrogen (secondary N) is 1. The Morgan fingerprint density at radius 2 is 2.00 bits per heavy atom. The molecule has 0 aromatic heterocycles. The molecule has 0 spiro atoms. The molecule has 0 aliphatic carbocycles. The Kier molecular flexibility index (Phi) is 13.0. The number of alkyl carbamates (subject to hydrolysis) is 1. The topological polar surface area (TPSA) is 127 Å². The molecule has 8 atom stereocenters. The first-order valence-corrected chi connectivity index (χ1v) is 19.5. The molecule has 3 aliphatic heterocycles. The highest BCUT2D eigenvalue weighted by Gasteiger charge is 2.64. The predicted octanol–water partition coefficient (Wildman–Crippen LogP) is 6.39. The van der Waals surface area contributed by atoms with Crippen molar-refractivity contribution in [2.24, 2.45) is 11.8 Å². The van der Waals surface area contributed by atoms with E-state index in [1.54, 1.807) is 42.5 Å². The van der Waals surface area contributed by atoms with Gasteiger partial charge in [0.2, 0.25) is 5.91 Å². The van der Waals surface area contributed by atoms with Crippen molar-refractivity contribution in [1.29, 1.82) is 0 Å². The number of esters is 1.